The molecule has 2 aromatic rings. The fourth-order valence-corrected chi connectivity index (χ4v) is 6.54. The molecular weight excluding hydrogens is 376 g/mol. The maximum Gasteiger partial charge on any atom is 0.195 e. The van der Waals surface area contributed by atoms with Gasteiger partial charge >= 0.3 is 0 Å². The Balaban J connectivity index is 1.45. The van der Waals surface area contributed by atoms with E-state index >= 15 is 0 Å². The summed E-state index contributed by atoms with van der Waals surface area (Å²) in [7, 11) is -3.43. The summed E-state index contributed by atoms with van der Waals surface area (Å²) in [6.07, 6.45) is 3.69. The van der Waals surface area contributed by atoms with E-state index in [0.717, 1.165) is 31.4 Å². The first kappa shape index (κ1) is 19.0. The molecule has 28 heavy (non-hydrogen) atoms. The van der Waals surface area contributed by atoms with Crippen LogP contribution in [0.3, 0.4) is 0 Å². The minimum absolute atomic E-state index is 0.0349. The lowest BCUT2D eigenvalue weighted by molar-refractivity contribution is 0.0609. The molecule has 7 nitrogen and oxygen atoms in total. The number of ether oxygens (including phenoxy) is 1. The lowest BCUT2D eigenvalue weighted by Gasteiger charge is -2.38. The highest BCUT2D eigenvalue weighted by Gasteiger charge is 2.43. The second-order valence-corrected chi connectivity index (χ2v) is 9.65. The number of fused-ring (bicyclic) bond motifs is 2. The molecule has 2 saturated heterocycles. The molecule has 3 heterocycles. The second-order valence-electron chi connectivity index (χ2n) is 7.75. The van der Waals surface area contributed by atoms with Crippen LogP contribution in [0.25, 0.3) is 0 Å². The van der Waals surface area contributed by atoms with Gasteiger partial charge < -0.3 is 4.74 Å². The maximum atomic E-state index is 13.0. The molecule has 0 amide bonds. The summed E-state index contributed by atoms with van der Waals surface area (Å²) < 4.78 is 32.1. The molecule has 1 aromatic heterocycles. The molecule has 8 heteroatoms. The van der Waals surface area contributed by atoms with Gasteiger partial charge in [0.2, 0.25) is 0 Å². The molecule has 0 radical (unpaired) electrons. The maximum absolute atomic E-state index is 13.0. The summed E-state index contributed by atoms with van der Waals surface area (Å²) in [6.45, 7) is 3.47. The summed E-state index contributed by atoms with van der Waals surface area (Å²) in [6, 6.07) is 9.67. The van der Waals surface area contributed by atoms with Crippen molar-refractivity contribution in [2.24, 2.45) is 0 Å². The third-order valence-electron chi connectivity index (χ3n) is 5.82. The molecule has 2 bridgehead atoms. The van der Waals surface area contributed by atoms with Gasteiger partial charge in [0.15, 0.2) is 9.84 Å². The quantitative estimate of drug-likeness (QED) is 0.828. The minimum Gasteiger partial charge on any atom is -0.490 e. The highest BCUT2D eigenvalue weighted by molar-refractivity contribution is 7.91. The first-order chi connectivity index (χ1) is 13.4. The Bertz CT molecular complexity index is 974. The number of H-pyrrole nitrogens is 1. The van der Waals surface area contributed by atoms with Gasteiger partial charge in [0.1, 0.15) is 22.6 Å². The smallest absolute Gasteiger partial charge is 0.195 e. The highest BCUT2D eigenvalue weighted by atomic mass is 32.2. The van der Waals surface area contributed by atoms with Gasteiger partial charge in [-0.3, -0.25) is 10.00 Å². The van der Waals surface area contributed by atoms with Crippen LogP contribution in [0.5, 0.6) is 5.75 Å². The SMILES string of the molecule is Cc1n[nH]c(C)c1S(=O)(=O)CN1[C@@H]2CC[C@H]1C[C@H](Oc1ccc(C#N)cc1)C2. The van der Waals surface area contributed by atoms with Crippen LogP contribution in [0.2, 0.25) is 0 Å². The summed E-state index contributed by atoms with van der Waals surface area (Å²) in [5.74, 6) is 0.793. The van der Waals surface area contributed by atoms with Crippen molar-refractivity contribution in [3.05, 3.63) is 41.2 Å². The normalized spacial score (nSPS) is 24.8. The van der Waals surface area contributed by atoms with E-state index in [9.17, 15) is 8.42 Å². The summed E-state index contributed by atoms with van der Waals surface area (Å²) in [4.78, 5) is 2.47. The molecule has 0 saturated carbocycles. The van der Waals surface area contributed by atoms with Crippen LogP contribution in [0.4, 0.5) is 0 Å². The molecule has 2 aliphatic heterocycles. The first-order valence-corrected chi connectivity index (χ1v) is 11.2. The topological polar surface area (TPSA) is 99.1 Å². The number of nitrogens with zero attached hydrogens (tertiary/aromatic N) is 3. The Morgan fingerprint density at radius 2 is 1.86 bits per heavy atom. The molecular formula is C20H24N4O3S. The lowest BCUT2D eigenvalue weighted by atomic mass is 10.0. The number of nitriles is 1. The number of benzene rings is 1. The van der Waals surface area contributed by atoms with Gasteiger partial charge in [-0.15, -0.1) is 0 Å². The van der Waals surface area contributed by atoms with Crippen molar-refractivity contribution in [2.75, 3.05) is 5.88 Å². The number of sulfone groups is 1. The number of nitrogens with one attached hydrogen (secondary N) is 1. The van der Waals surface area contributed by atoms with Crippen molar-refractivity contribution in [1.29, 1.82) is 5.26 Å². The van der Waals surface area contributed by atoms with Crippen LogP contribution < -0.4 is 4.74 Å². The predicted octanol–water partition coefficient (Wildman–Crippen LogP) is 2.70. The molecule has 0 spiro atoms. The standard InChI is InChI=1S/C20H24N4O3S/c1-13-20(14(2)23-22-13)28(25,26)12-24-16-5-6-17(24)10-19(9-16)27-18-7-3-15(11-21)4-8-18/h3-4,7-8,16-17,19H,5-6,9-10,12H2,1-2H3,(H,22,23)/t16-,17+,19-. The summed E-state index contributed by atoms with van der Waals surface area (Å²) >= 11 is 0. The van der Waals surface area contributed by atoms with Crippen molar-refractivity contribution >= 4 is 9.84 Å². The monoisotopic (exact) mass is 400 g/mol. The van der Waals surface area contributed by atoms with E-state index in [1.807, 2.05) is 12.1 Å². The largest absolute Gasteiger partial charge is 0.490 e. The molecule has 2 aliphatic rings. The first-order valence-electron chi connectivity index (χ1n) is 9.54. The van der Waals surface area contributed by atoms with Gasteiger partial charge in [0.25, 0.3) is 0 Å². The third kappa shape index (κ3) is 3.52. The number of hydrogen-bond donors (Lipinski definition) is 1. The van der Waals surface area contributed by atoms with Crippen LogP contribution >= 0.6 is 0 Å². The summed E-state index contributed by atoms with van der Waals surface area (Å²) in [5, 5.41) is 15.7. The number of hydrogen-bond acceptors (Lipinski definition) is 6. The van der Waals surface area contributed by atoms with Crippen LogP contribution in [-0.2, 0) is 9.84 Å². The number of rotatable bonds is 5. The van der Waals surface area contributed by atoms with Crippen molar-refractivity contribution in [2.45, 2.75) is 62.6 Å². The number of aromatic amines is 1. The van der Waals surface area contributed by atoms with E-state index in [1.165, 1.54) is 0 Å². The van der Waals surface area contributed by atoms with E-state index in [-0.39, 0.29) is 24.1 Å². The van der Waals surface area contributed by atoms with E-state index in [2.05, 4.69) is 21.2 Å². The van der Waals surface area contributed by atoms with Crippen LogP contribution in [0, 0.1) is 25.2 Å². The third-order valence-corrected chi connectivity index (χ3v) is 7.68. The van der Waals surface area contributed by atoms with Crippen molar-refractivity contribution in [3.63, 3.8) is 0 Å². The Morgan fingerprint density at radius 3 is 2.39 bits per heavy atom. The average Bonchev–Trinajstić information content (AvgIpc) is 3.10. The zero-order chi connectivity index (χ0) is 19.9. The highest BCUT2D eigenvalue weighted by Crippen LogP contribution is 2.38. The van der Waals surface area contributed by atoms with E-state index in [1.54, 1.807) is 26.0 Å². The number of aromatic nitrogens is 2. The van der Waals surface area contributed by atoms with Gasteiger partial charge in [-0.1, -0.05) is 0 Å². The zero-order valence-electron chi connectivity index (χ0n) is 16.1. The van der Waals surface area contributed by atoms with Gasteiger partial charge in [-0.05, 0) is 63.8 Å². The van der Waals surface area contributed by atoms with Crippen molar-refractivity contribution < 1.29 is 13.2 Å². The predicted molar refractivity (Wildman–Crippen MR) is 104 cm³/mol. The average molecular weight is 401 g/mol. The second kappa shape index (κ2) is 7.22. The lowest BCUT2D eigenvalue weighted by Crippen LogP contribution is -2.48. The fraction of sp³-hybridized carbons (Fsp3) is 0.500. The summed E-state index contributed by atoms with van der Waals surface area (Å²) in [5.41, 5.74) is 1.74. The molecule has 0 unspecified atom stereocenters. The number of piperidine rings is 1. The van der Waals surface area contributed by atoms with Crippen LogP contribution in [0.1, 0.15) is 42.6 Å². The molecule has 1 N–H and O–H groups in total. The van der Waals surface area contributed by atoms with E-state index < -0.39 is 9.84 Å². The van der Waals surface area contributed by atoms with Gasteiger partial charge in [-0.2, -0.15) is 10.4 Å². The van der Waals surface area contributed by atoms with Gasteiger partial charge in [0, 0.05) is 12.1 Å². The molecule has 3 atom stereocenters. The Morgan fingerprint density at radius 1 is 1.21 bits per heavy atom. The molecule has 148 valence electrons. The zero-order valence-corrected chi connectivity index (χ0v) is 16.9. The Labute approximate surface area is 165 Å². The fourth-order valence-electron chi connectivity index (χ4n) is 4.59. The molecule has 4 rings (SSSR count). The number of aryl methyl sites for hydroxylation is 2. The van der Waals surface area contributed by atoms with Gasteiger partial charge in [0.05, 0.1) is 23.0 Å². The molecule has 0 aliphatic carbocycles. The van der Waals surface area contributed by atoms with E-state index in [0.29, 0.717) is 21.8 Å². The van der Waals surface area contributed by atoms with E-state index in [4.69, 9.17) is 10.00 Å². The molecule has 2 fully saturated rings. The van der Waals surface area contributed by atoms with Crippen LogP contribution in [0.15, 0.2) is 29.2 Å². The van der Waals surface area contributed by atoms with Crippen molar-refractivity contribution in [1.82, 2.24) is 15.1 Å². The Hall–Kier alpha value is -2.37. The molecule has 1 aromatic carbocycles. The Kier molecular flexibility index (Phi) is 4.89. The minimum atomic E-state index is -3.43. The van der Waals surface area contributed by atoms with Gasteiger partial charge in [-0.25, -0.2) is 8.42 Å². The van der Waals surface area contributed by atoms with Crippen molar-refractivity contribution in [3.8, 4) is 11.8 Å². The van der Waals surface area contributed by atoms with Crippen LogP contribution in [-0.4, -0.2) is 47.6 Å².